The SMILES string of the molecule is O=C(N/N=C/c1ccc(-c2ccc([N+](=O)[O-])cc2Cl)o1)C1CC(c2ccccc2)NN1. The van der Waals surface area contributed by atoms with Crippen molar-refractivity contribution in [2.24, 2.45) is 5.10 Å². The molecule has 0 aliphatic carbocycles. The molecule has 0 radical (unpaired) electrons. The Hall–Kier alpha value is -3.53. The fraction of sp³-hybridized carbons (Fsp3) is 0.143. The Morgan fingerprint density at radius 3 is 2.74 bits per heavy atom. The number of nitro benzene ring substituents is 1. The minimum Gasteiger partial charge on any atom is -0.455 e. The van der Waals surface area contributed by atoms with Gasteiger partial charge in [-0.1, -0.05) is 41.9 Å². The van der Waals surface area contributed by atoms with E-state index in [-0.39, 0.29) is 22.7 Å². The smallest absolute Gasteiger partial charge is 0.270 e. The van der Waals surface area contributed by atoms with Crippen molar-refractivity contribution in [1.82, 2.24) is 16.3 Å². The van der Waals surface area contributed by atoms with Crippen LogP contribution >= 0.6 is 11.6 Å². The largest absolute Gasteiger partial charge is 0.455 e. The van der Waals surface area contributed by atoms with E-state index in [1.165, 1.54) is 24.4 Å². The topological polar surface area (TPSA) is 122 Å². The van der Waals surface area contributed by atoms with E-state index in [2.05, 4.69) is 21.4 Å². The first-order valence-corrected chi connectivity index (χ1v) is 9.82. The Kier molecular flexibility index (Phi) is 6.08. The van der Waals surface area contributed by atoms with Gasteiger partial charge < -0.3 is 4.42 Å². The van der Waals surface area contributed by atoms with Crippen LogP contribution in [0, 0.1) is 10.1 Å². The fourth-order valence-electron chi connectivity index (χ4n) is 3.25. The van der Waals surface area contributed by atoms with Crippen molar-refractivity contribution < 1.29 is 14.1 Å². The molecule has 1 amide bonds. The Morgan fingerprint density at radius 2 is 2.00 bits per heavy atom. The highest BCUT2D eigenvalue weighted by Crippen LogP contribution is 2.32. The van der Waals surface area contributed by atoms with E-state index in [9.17, 15) is 14.9 Å². The molecule has 2 heterocycles. The van der Waals surface area contributed by atoms with Gasteiger partial charge in [0.15, 0.2) is 0 Å². The van der Waals surface area contributed by atoms with Crippen molar-refractivity contribution in [3.05, 3.63) is 87.1 Å². The molecule has 2 aromatic carbocycles. The number of nitrogens with zero attached hydrogens (tertiary/aromatic N) is 2. The molecule has 1 aromatic heterocycles. The third-order valence-electron chi connectivity index (χ3n) is 4.84. The molecule has 3 N–H and O–H groups in total. The van der Waals surface area contributed by atoms with Crippen molar-refractivity contribution in [3.8, 4) is 11.3 Å². The molecule has 0 spiro atoms. The van der Waals surface area contributed by atoms with Gasteiger partial charge >= 0.3 is 0 Å². The number of hydrogen-bond donors (Lipinski definition) is 3. The van der Waals surface area contributed by atoms with Crippen LogP contribution in [-0.4, -0.2) is 23.1 Å². The van der Waals surface area contributed by atoms with Crippen molar-refractivity contribution in [3.63, 3.8) is 0 Å². The Labute approximate surface area is 182 Å². The first-order chi connectivity index (χ1) is 15.0. The van der Waals surface area contributed by atoms with E-state index >= 15 is 0 Å². The zero-order chi connectivity index (χ0) is 21.8. The Morgan fingerprint density at radius 1 is 1.19 bits per heavy atom. The van der Waals surface area contributed by atoms with Gasteiger partial charge in [-0.05, 0) is 30.2 Å². The molecule has 1 aliphatic rings. The summed E-state index contributed by atoms with van der Waals surface area (Å²) in [5, 5.41) is 15.0. The average molecular weight is 440 g/mol. The normalized spacial score (nSPS) is 18.4. The van der Waals surface area contributed by atoms with E-state index < -0.39 is 11.0 Å². The molecule has 3 aromatic rings. The van der Waals surface area contributed by atoms with Crippen molar-refractivity contribution in [2.45, 2.75) is 18.5 Å². The number of benzene rings is 2. The van der Waals surface area contributed by atoms with Crippen LogP contribution in [0.2, 0.25) is 5.02 Å². The van der Waals surface area contributed by atoms with Crippen LogP contribution in [0.3, 0.4) is 0 Å². The molecule has 1 saturated heterocycles. The molecule has 158 valence electrons. The van der Waals surface area contributed by atoms with E-state index in [0.717, 1.165) is 5.56 Å². The predicted molar refractivity (Wildman–Crippen MR) is 115 cm³/mol. The third kappa shape index (κ3) is 4.80. The number of nitrogens with one attached hydrogen (secondary N) is 3. The maximum Gasteiger partial charge on any atom is 0.270 e. The first kappa shape index (κ1) is 20.7. The molecule has 0 saturated carbocycles. The van der Waals surface area contributed by atoms with Crippen LogP contribution in [0.25, 0.3) is 11.3 Å². The molecule has 2 atom stereocenters. The Bertz CT molecular complexity index is 1130. The summed E-state index contributed by atoms with van der Waals surface area (Å²) in [5.74, 6) is 0.553. The molecular formula is C21H18ClN5O4. The van der Waals surface area contributed by atoms with Gasteiger partial charge in [0, 0.05) is 23.7 Å². The zero-order valence-corrected chi connectivity index (χ0v) is 16.9. The molecule has 31 heavy (non-hydrogen) atoms. The molecule has 9 nitrogen and oxygen atoms in total. The Balaban J connectivity index is 1.34. The lowest BCUT2D eigenvalue weighted by Gasteiger charge is -2.08. The highest BCUT2D eigenvalue weighted by atomic mass is 35.5. The number of amides is 1. The second-order valence-electron chi connectivity index (χ2n) is 6.90. The van der Waals surface area contributed by atoms with Crippen molar-refractivity contribution in [1.29, 1.82) is 0 Å². The van der Waals surface area contributed by atoms with Crippen LogP contribution in [0.4, 0.5) is 5.69 Å². The van der Waals surface area contributed by atoms with Gasteiger partial charge in [-0.15, -0.1) is 0 Å². The minimum atomic E-state index is -0.519. The number of carbonyl (C=O) groups excluding carboxylic acids is 1. The van der Waals surface area contributed by atoms with E-state index in [1.807, 2.05) is 30.3 Å². The number of carbonyl (C=O) groups is 1. The van der Waals surface area contributed by atoms with Crippen molar-refractivity contribution in [2.75, 3.05) is 0 Å². The van der Waals surface area contributed by atoms with Gasteiger partial charge in [0.2, 0.25) is 0 Å². The number of non-ortho nitro benzene ring substituents is 1. The first-order valence-electron chi connectivity index (χ1n) is 9.44. The molecule has 10 heteroatoms. The van der Waals surface area contributed by atoms with Gasteiger partial charge in [-0.3, -0.25) is 14.9 Å². The minimum absolute atomic E-state index is 0.0417. The van der Waals surface area contributed by atoms with Crippen LogP contribution in [0.15, 0.2) is 70.2 Å². The summed E-state index contributed by atoms with van der Waals surface area (Å²) in [4.78, 5) is 22.6. The number of hydrazine groups is 1. The highest BCUT2D eigenvalue weighted by Gasteiger charge is 2.29. The second kappa shape index (κ2) is 9.09. The van der Waals surface area contributed by atoms with Gasteiger partial charge in [0.25, 0.3) is 11.6 Å². The van der Waals surface area contributed by atoms with Crippen LogP contribution < -0.4 is 16.3 Å². The van der Waals surface area contributed by atoms with Crippen LogP contribution in [-0.2, 0) is 4.79 Å². The van der Waals surface area contributed by atoms with E-state index in [0.29, 0.717) is 23.5 Å². The summed E-state index contributed by atoms with van der Waals surface area (Å²) in [5.41, 5.74) is 10.1. The molecule has 2 unspecified atom stereocenters. The fourth-order valence-corrected chi connectivity index (χ4v) is 3.52. The molecular weight excluding hydrogens is 422 g/mol. The number of rotatable bonds is 6. The van der Waals surface area contributed by atoms with Gasteiger partial charge in [-0.25, -0.2) is 16.3 Å². The average Bonchev–Trinajstić information content (AvgIpc) is 3.44. The maximum atomic E-state index is 12.3. The molecule has 0 bridgehead atoms. The van der Waals surface area contributed by atoms with Crippen molar-refractivity contribution >= 4 is 29.4 Å². The number of furan rings is 1. The van der Waals surface area contributed by atoms with Gasteiger partial charge in [0.05, 0.1) is 16.2 Å². The summed E-state index contributed by atoms with van der Waals surface area (Å²) in [6.07, 6.45) is 1.96. The number of hydrogen-bond acceptors (Lipinski definition) is 7. The van der Waals surface area contributed by atoms with Gasteiger partial charge in [-0.2, -0.15) is 5.10 Å². The van der Waals surface area contributed by atoms with Crippen LogP contribution in [0.1, 0.15) is 23.8 Å². The monoisotopic (exact) mass is 439 g/mol. The lowest BCUT2D eigenvalue weighted by Crippen LogP contribution is -2.41. The lowest BCUT2D eigenvalue weighted by molar-refractivity contribution is -0.384. The zero-order valence-electron chi connectivity index (χ0n) is 16.1. The van der Waals surface area contributed by atoms with Crippen LogP contribution in [0.5, 0.6) is 0 Å². The number of nitro groups is 1. The summed E-state index contributed by atoms with van der Waals surface area (Å²) in [7, 11) is 0. The summed E-state index contributed by atoms with van der Waals surface area (Å²) in [6, 6.07) is 16.9. The summed E-state index contributed by atoms with van der Waals surface area (Å²) >= 11 is 6.12. The standard InChI is InChI=1S/C21H18ClN5O4/c22-17-10-14(27(29)30)6-8-16(17)20-9-7-15(31-20)12-23-26-21(28)19-11-18(24-25-19)13-4-2-1-3-5-13/h1-10,12,18-19,24-25H,11H2,(H,26,28)/b23-12+. The second-order valence-corrected chi connectivity index (χ2v) is 7.30. The number of hydrazone groups is 1. The summed E-state index contributed by atoms with van der Waals surface area (Å²) in [6.45, 7) is 0. The van der Waals surface area contributed by atoms with Gasteiger partial charge in [0.1, 0.15) is 17.6 Å². The maximum absolute atomic E-state index is 12.3. The van der Waals surface area contributed by atoms with E-state index in [1.54, 1.807) is 12.1 Å². The molecule has 1 fully saturated rings. The molecule has 4 rings (SSSR count). The third-order valence-corrected chi connectivity index (χ3v) is 5.16. The predicted octanol–water partition coefficient (Wildman–Crippen LogP) is 3.57. The molecule has 1 aliphatic heterocycles. The number of halogens is 1. The van der Waals surface area contributed by atoms with E-state index in [4.69, 9.17) is 16.0 Å². The quantitative estimate of drug-likeness (QED) is 0.306. The highest BCUT2D eigenvalue weighted by molar-refractivity contribution is 6.33. The lowest BCUT2D eigenvalue weighted by atomic mass is 10.0. The summed E-state index contributed by atoms with van der Waals surface area (Å²) < 4.78 is 5.65.